The van der Waals surface area contributed by atoms with Gasteiger partial charge in [0.05, 0.1) is 27.8 Å². The van der Waals surface area contributed by atoms with Gasteiger partial charge in [-0.15, -0.1) is 0 Å². The Balaban J connectivity index is 1.86. The summed E-state index contributed by atoms with van der Waals surface area (Å²) in [6.45, 7) is 0.324. The predicted octanol–water partition coefficient (Wildman–Crippen LogP) is 6.91. The van der Waals surface area contributed by atoms with Crippen LogP contribution in [0.25, 0.3) is 0 Å². The van der Waals surface area contributed by atoms with Crippen molar-refractivity contribution in [2.75, 3.05) is 19.8 Å². The van der Waals surface area contributed by atoms with Crippen LogP contribution in [0.5, 0.6) is 11.5 Å². The lowest BCUT2D eigenvalue weighted by Gasteiger charge is -2.14. The molecule has 168 valence electrons. The third-order valence-corrected chi connectivity index (χ3v) is 4.66. The molecule has 0 bridgehead atoms. The molecule has 2 aromatic carbocycles. The maximum absolute atomic E-state index is 13.0. The molecule has 0 atom stereocenters. The number of rotatable bonds is 9. The molecule has 11 heteroatoms. The standard InChI is InChI=1S/C20H16Cl4F3NO3/c21-15-10-12(30-9-6-17(23)24)11-16(22)18(15)31-8-3-7-28-19(29)13-4-1-2-5-14(13)20(25,26)27/h1-2,4-6,10-11H,3,7-9H2,(H,28,29). The molecule has 31 heavy (non-hydrogen) atoms. The average Bonchev–Trinajstić information content (AvgIpc) is 2.68. The van der Waals surface area contributed by atoms with Gasteiger partial charge < -0.3 is 14.8 Å². The molecule has 0 aliphatic heterocycles. The number of carbonyl (C=O) groups is 1. The van der Waals surface area contributed by atoms with E-state index in [1.807, 2.05) is 0 Å². The molecular weight excluding hydrogens is 501 g/mol. The molecule has 2 rings (SSSR count). The Kier molecular flexibility index (Phi) is 9.62. The number of amides is 1. The molecule has 0 saturated heterocycles. The zero-order valence-corrected chi connectivity index (χ0v) is 18.8. The third-order valence-electron chi connectivity index (χ3n) is 3.79. The number of alkyl halides is 3. The summed E-state index contributed by atoms with van der Waals surface area (Å²) >= 11 is 23.3. The fourth-order valence-corrected chi connectivity index (χ4v) is 3.13. The topological polar surface area (TPSA) is 47.6 Å². The molecule has 0 radical (unpaired) electrons. The van der Waals surface area contributed by atoms with Crippen molar-refractivity contribution in [2.24, 2.45) is 0 Å². The van der Waals surface area contributed by atoms with Crippen LogP contribution in [0.2, 0.25) is 10.0 Å². The molecule has 0 heterocycles. The Morgan fingerprint density at radius 3 is 2.32 bits per heavy atom. The lowest BCUT2D eigenvalue weighted by Crippen LogP contribution is -2.28. The zero-order valence-electron chi connectivity index (χ0n) is 15.7. The summed E-state index contributed by atoms with van der Waals surface area (Å²) in [4.78, 5) is 12.1. The van der Waals surface area contributed by atoms with Crippen LogP contribution in [0.4, 0.5) is 13.2 Å². The predicted molar refractivity (Wildman–Crippen MR) is 116 cm³/mol. The largest absolute Gasteiger partial charge is 0.490 e. The first-order chi connectivity index (χ1) is 14.6. The van der Waals surface area contributed by atoms with Gasteiger partial charge in [-0.3, -0.25) is 4.79 Å². The van der Waals surface area contributed by atoms with E-state index in [4.69, 9.17) is 55.9 Å². The molecule has 1 amide bonds. The van der Waals surface area contributed by atoms with Crippen LogP contribution < -0.4 is 14.8 Å². The monoisotopic (exact) mass is 515 g/mol. The van der Waals surface area contributed by atoms with Gasteiger partial charge in [0.1, 0.15) is 16.8 Å². The van der Waals surface area contributed by atoms with Gasteiger partial charge in [-0.2, -0.15) is 13.2 Å². The molecular formula is C20H16Cl4F3NO3. The Morgan fingerprint density at radius 1 is 1.06 bits per heavy atom. The van der Waals surface area contributed by atoms with Crippen LogP contribution in [-0.4, -0.2) is 25.7 Å². The van der Waals surface area contributed by atoms with Crippen LogP contribution in [-0.2, 0) is 6.18 Å². The number of hydrogen-bond donors (Lipinski definition) is 1. The number of nitrogens with one attached hydrogen (secondary N) is 1. The van der Waals surface area contributed by atoms with Crippen molar-refractivity contribution in [3.63, 3.8) is 0 Å². The molecule has 4 nitrogen and oxygen atoms in total. The number of carbonyl (C=O) groups excluding carboxylic acids is 1. The van der Waals surface area contributed by atoms with E-state index in [1.54, 1.807) is 0 Å². The minimum absolute atomic E-state index is 0.0612. The van der Waals surface area contributed by atoms with E-state index < -0.39 is 23.2 Å². The van der Waals surface area contributed by atoms with E-state index in [9.17, 15) is 18.0 Å². The van der Waals surface area contributed by atoms with E-state index in [-0.39, 0.29) is 40.0 Å². The first kappa shape index (κ1) is 25.5. The van der Waals surface area contributed by atoms with Crippen molar-refractivity contribution in [3.8, 4) is 11.5 Å². The second kappa shape index (κ2) is 11.7. The van der Waals surface area contributed by atoms with Crippen molar-refractivity contribution in [3.05, 3.63) is 68.1 Å². The molecule has 0 aromatic heterocycles. The minimum Gasteiger partial charge on any atom is -0.490 e. The number of benzene rings is 2. The van der Waals surface area contributed by atoms with Crippen LogP contribution in [0.1, 0.15) is 22.3 Å². The Morgan fingerprint density at radius 2 is 1.71 bits per heavy atom. The van der Waals surface area contributed by atoms with Crippen LogP contribution in [0.15, 0.2) is 47.0 Å². The lowest BCUT2D eigenvalue weighted by molar-refractivity contribution is -0.137. The number of ether oxygens (including phenoxy) is 2. The van der Waals surface area contributed by atoms with Gasteiger partial charge in [0.25, 0.3) is 5.91 Å². The van der Waals surface area contributed by atoms with Gasteiger partial charge >= 0.3 is 6.18 Å². The van der Waals surface area contributed by atoms with Gasteiger partial charge in [-0.1, -0.05) is 58.5 Å². The SMILES string of the molecule is O=C(NCCCOc1c(Cl)cc(OCC=C(Cl)Cl)cc1Cl)c1ccccc1C(F)(F)F. The Bertz CT molecular complexity index is 925. The molecule has 0 spiro atoms. The highest BCUT2D eigenvalue weighted by Gasteiger charge is 2.34. The fraction of sp³-hybridized carbons (Fsp3) is 0.250. The van der Waals surface area contributed by atoms with E-state index in [1.165, 1.54) is 30.3 Å². The normalized spacial score (nSPS) is 11.1. The molecule has 2 aromatic rings. The van der Waals surface area contributed by atoms with Gasteiger partial charge in [0.2, 0.25) is 0 Å². The number of halogens is 7. The molecule has 0 aliphatic carbocycles. The Hall–Kier alpha value is -1.80. The third kappa shape index (κ3) is 8.00. The Labute approximate surface area is 196 Å². The molecule has 0 saturated carbocycles. The summed E-state index contributed by atoms with van der Waals surface area (Å²) in [5, 5.41) is 2.84. The van der Waals surface area contributed by atoms with E-state index in [0.717, 1.165) is 12.1 Å². The second-order valence-electron chi connectivity index (χ2n) is 6.02. The summed E-state index contributed by atoms with van der Waals surface area (Å²) in [5.41, 5.74) is -1.43. The fourth-order valence-electron chi connectivity index (χ4n) is 2.43. The number of hydrogen-bond acceptors (Lipinski definition) is 3. The maximum Gasteiger partial charge on any atom is 0.417 e. The minimum atomic E-state index is -4.62. The first-order valence-electron chi connectivity index (χ1n) is 8.80. The highest BCUT2D eigenvalue weighted by atomic mass is 35.5. The van der Waals surface area contributed by atoms with Crippen molar-refractivity contribution in [2.45, 2.75) is 12.6 Å². The summed E-state index contributed by atoms with van der Waals surface area (Å²) in [6, 6.07) is 7.56. The van der Waals surface area contributed by atoms with Gasteiger partial charge in [-0.25, -0.2) is 0 Å². The van der Waals surface area contributed by atoms with Crippen LogP contribution in [0, 0.1) is 0 Å². The summed E-state index contributed by atoms with van der Waals surface area (Å²) in [7, 11) is 0. The van der Waals surface area contributed by atoms with Gasteiger partial charge in [-0.05, 0) is 24.6 Å². The molecule has 1 N–H and O–H groups in total. The van der Waals surface area contributed by atoms with Crippen molar-refractivity contribution >= 4 is 52.3 Å². The maximum atomic E-state index is 13.0. The summed E-state index contributed by atoms with van der Waals surface area (Å²) in [6.07, 6.45) is -2.87. The quantitative estimate of drug-likeness (QED) is 0.368. The van der Waals surface area contributed by atoms with Crippen molar-refractivity contribution in [1.29, 1.82) is 0 Å². The summed E-state index contributed by atoms with van der Waals surface area (Å²) < 4.78 is 50.0. The molecule has 0 unspecified atom stereocenters. The van der Waals surface area contributed by atoms with Crippen LogP contribution >= 0.6 is 46.4 Å². The second-order valence-corrected chi connectivity index (χ2v) is 7.84. The van der Waals surface area contributed by atoms with Crippen molar-refractivity contribution in [1.82, 2.24) is 5.32 Å². The van der Waals surface area contributed by atoms with Crippen molar-refractivity contribution < 1.29 is 27.4 Å². The zero-order chi connectivity index (χ0) is 23.0. The van der Waals surface area contributed by atoms with E-state index in [2.05, 4.69) is 5.32 Å². The first-order valence-corrected chi connectivity index (χ1v) is 10.3. The van der Waals surface area contributed by atoms with Gasteiger partial charge in [0, 0.05) is 18.7 Å². The smallest absolute Gasteiger partial charge is 0.417 e. The molecule has 0 fully saturated rings. The molecule has 0 aliphatic rings. The average molecular weight is 517 g/mol. The van der Waals surface area contributed by atoms with Gasteiger partial charge in [0.15, 0.2) is 5.75 Å². The highest BCUT2D eigenvalue weighted by Crippen LogP contribution is 2.37. The van der Waals surface area contributed by atoms with E-state index >= 15 is 0 Å². The van der Waals surface area contributed by atoms with Crippen LogP contribution in [0.3, 0.4) is 0 Å². The lowest BCUT2D eigenvalue weighted by atomic mass is 10.1. The van der Waals surface area contributed by atoms with E-state index in [0.29, 0.717) is 12.2 Å². The highest BCUT2D eigenvalue weighted by molar-refractivity contribution is 6.55. The summed E-state index contributed by atoms with van der Waals surface area (Å²) in [5.74, 6) is -0.226.